The number of aromatic nitrogens is 3. The highest BCUT2D eigenvalue weighted by Crippen LogP contribution is 2.56. The van der Waals surface area contributed by atoms with Gasteiger partial charge in [0, 0.05) is 18.1 Å². The molecule has 0 spiro atoms. The van der Waals surface area contributed by atoms with Crippen molar-refractivity contribution in [2.24, 2.45) is 23.5 Å². The minimum absolute atomic E-state index is 0.199. The Morgan fingerprint density at radius 2 is 1.40 bits per heavy atom. The summed E-state index contributed by atoms with van der Waals surface area (Å²) >= 11 is 0. The molecule has 6 rings (SSSR count). The molecule has 0 aliphatic heterocycles. The van der Waals surface area contributed by atoms with Crippen molar-refractivity contribution in [3.63, 3.8) is 0 Å². The third-order valence-corrected chi connectivity index (χ3v) is 7.90. The second-order valence-electron chi connectivity index (χ2n) is 10.5. The van der Waals surface area contributed by atoms with Crippen molar-refractivity contribution in [1.82, 2.24) is 15.0 Å². The Labute approximate surface area is 180 Å². The van der Waals surface area contributed by atoms with Crippen molar-refractivity contribution in [2.45, 2.75) is 95.1 Å². The largest absolute Gasteiger partial charge is 0.354 e. The van der Waals surface area contributed by atoms with Gasteiger partial charge in [-0.15, -0.1) is 0 Å². The molecule has 0 saturated heterocycles. The second-order valence-corrected chi connectivity index (χ2v) is 10.5. The normalized spacial score (nSPS) is 33.3. The van der Waals surface area contributed by atoms with Crippen molar-refractivity contribution in [2.75, 3.05) is 29.0 Å². The molecule has 0 aromatic carbocycles. The molecule has 166 valence electrons. The van der Waals surface area contributed by atoms with Gasteiger partial charge in [0.15, 0.2) is 0 Å². The zero-order chi connectivity index (χ0) is 20.4. The van der Waals surface area contributed by atoms with Crippen LogP contribution in [0.2, 0.25) is 0 Å². The SMILES string of the molecule is NCCCNc1nc(NC2CCCCCC2)nc(NC23CC4CC(CC(C4)C2)C3)n1. The van der Waals surface area contributed by atoms with Gasteiger partial charge in [0.25, 0.3) is 0 Å². The molecule has 1 heterocycles. The van der Waals surface area contributed by atoms with Crippen molar-refractivity contribution >= 4 is 17.8 Å². The number of nitrogens with zero attached hydrogens (tertiary/aromatic N) is 3. The average Bonchev–Trinajstić information content (AvgIpc) is 2.95. The highest BCUT2D eigenvalue weighted by atomic mass is 15.3. The summed E-state index contributed by atoms with van der Waals surface area (Å²) in [7, 11) is 0. The zero-order valence-corrected chi connectivity index (χ0v) is 18.3. The Kier molecular flexibility index (Phi) is 5.98. The predicted molar refractivity (Wildman–Crippen MR) is 122 cm³/mol. The Balaban J connectivity index is 1.34. The van der Waals surface area contributed by atoms with E-state index >= 15 is 0 Å². The summed E-state index contributed by atoms with van der Waals surface area (Å²) in [6.45, 7) is 1.46. The van der Waals surface area contributed by atoms with E-state index in [0.717, 1.165) is 42.6 Å². The molecule has 1 aromatic heterocycles. The Bertz CT molecular complexity index is 678. The quantitative estimate of drug-likeness (QED) is 0.375. The lowest BCUT2D eigenvalue weighted by molar-refractivity contribution is 0.0103. The van der Waals surface area contributed by atoms with Crippen LogP contribution in [0.15, 0.2) is 0 Å². The molecular formula is C23H39N7. The van der Waals surface area contributed by atoms with Gasteiger partial charge in [-0.05, 0) is 82.1 Å². The minimum Gasteiger partial charge on any atom is -0.354 e. The van der Waals surface area contributed by atoms with E-state index in [9.17, 15) is 0 Å². The maximum Gasteiger partial charge on any atom is 0.229 e. The number of rotatable bonds is 8. The summed E-state index contributed by atoms with van der Waals surface area (Å²) in [5, 5.41) is 10.8. The predicted octanol–water partition coefficient (Wildman–Crippen LogP) is 4.15. The van der Waals surface area contributed by atoms with Gasteiger partial charge in [0.05, 0.1) is 0 Å². The van der Waals surface area contributed by atoms with Crippen LogP contribution in [0.1, 0.15) is 83.5 Å². The van der Waals surface area contributed by atoms with Crippen LogP contribution in [0, 0.1) is 17.8 Å². The van der Waals surface area contributed by atoms with Crippen LogP contribution in [0.25, 0.3) is 0 Å². The molecule has 1 aromatic rings. The molecule has 5 aliphatic carbocycles. The van der Waals surface area contributed by atoms with Gasteiger partial charge < -0.3 is 21.7 Å². The second kappa shape index (κ2) is 8.85. The summed E-state index contributed by atoms with van der Waals surface area (Å²) < 4.78 is 0. The molecule has 5 N–H and O–H groups in total. The van der Waals surface area contributed by atoms with E-state index in [-0.39, 0.29) is 5.54 Å². The fraction of sp³-hybridized carbons (Fsp3) is 0.870. The number of anilines is 3. The first-order valence-corrected chi connectivity index (χ1v) is 12.4. The molecule has 5 aliphatic rings. The first-order chi connectivity index (χ1) is 14.7. The van der Waals surface area contributed by atoms with E-state index in [1.165, 1.54) is 77.0 Å². The van der Waals surface area contributed by atoms with Crippen LogP contribution >= 0.6 is 0 Å². The molecule has 5 fully saturated rings. The van der Waals surface area contributed by atoms with Crippen molar-refractivity contribution < 1.29 is 0 Å². The number of nitrogens with one attached hydrogen (secondary N) is 3. The molecule has 0 amide bonds. The molecule has 7 heteroatoms. The lowest BCUT2D eigenvalue weighted by Gasteiger charge is -2.56. The summed E-state index contributed by atoms with van der Waals surface area (Å²) in [5.41, 5.74) is 5.87. The Morgan fingerprint density at radius 1 is 0.800 bits per heavy atom. The third-order valence-electron chi connectivity index (χ3n) is 7.90. The number of hydrogen-bond donors (Lipinski definition) is 4. The van der Waals surface area contributed by atoms with E-state index < -0.39 is 0 Å². The van der Waals surface area contributed by atoms with Gasteiger partial charge in [-0.2, -0.15) is 15.0 Å². The van der Waals surface area contributed by atoms with Crippen molar-refractivity contribution in [1.29, 1.82) is 0 Å². The average molecular weight is 414 g/mol. The minimum atomic E-state index is 0.199. The third kappa shape index (κ3) is 4.66. The molecule has 30 heavy (non-hydrogen) atoms. The Hall–Kier alpha value is -1.63. The van der Waals surface area contributed by atoms with Gasteiger partial charge in [-0.25, -0.2) is 0 Å². The molecule has 0 radical (unpaired) electrons. The highest BCUT2D eigenvalue weighted by molar-refractivity contribution is 5.44. The summed E-state index contributed by atoms with van der Waals surface area (Å²) in [6, 6.07) is 0.471. The Morgan fingerprint density at radius 3 is 2.03 bits per heavy atom. The molecule has 0 atom stereocenters. The van der Waals surface area contributed by atoms with E-state index in [1.807, 2.05) is 0 Å². The maximum absolute atomic E-state index is 5.67. The lowest BCUT2D eigenvalue weighted by Crippen LogP contribution is -2.55. The van der Waals surface area contributed by atoms with Crippen LogP contribution in [0.3, 0.4) is 0 Å². The molecule has 5 saturated carbocycles. The van der Waals surface area contributed by atoms with Gasteiger partial charge >= 0.3 is 0 Å². The lowest BCUT2D eigenvalue weighted by atomic mass is 9.53. The van der Waals surface area contributed by atoms with Crippen molar-refractivity contribution in [3.05, 3.63) is 0 Å². The van der Waals surface area contributed by atoms with Gasteiger partial charge in [-0.3, -0.25) is 0 Å². The van der Waals surface area contributed by atoms with Crippen LogP contribution in [0.4, 0.5) is 17.8 Å². The van der Waals surface area contributed by atoms with Gasteiger partial charge in [0.1, 0.15) is 0 Å². The molecule has 0 unspecified atom stereocenters. The fourth-order valence-electron chi connectivity index (χ4n) is 6.98. The molecule has 4 bridgehead atoms. The standard InChI is InChI=1S/C23H39N7/c24-8-5-9-25-20-27-21(26-19-6-3-1-2-4-7-19)29-22(28-20)30-23-13-16-10-17(14-23)12-18(11-16)15-23/h16-19H,1-15,24H2,(H3,25,26,27,28,29,30). The van der Waals surface area contributed by atoms with Crippen LogP contribution in [-0.2, 0) is 0 Å². The molecule has 7 nitrogen and oxygen atoms in total. The summed E-state index contributed by atoms with van der Waals surface area (Å²) in [5.74, 6) is 4.84. The van der Waals surface area contributed by atoms with E-state index in [0.29, 0.717) is 18.5 Å². The monoisotopic (exact) mass is 413 g/mol. The first kappa shape index (κ1) is 20.3. The van der Waals surface area contributed by atoms with Crippen LogP contribution in [-0.4, -0.2) is 39.6 Å². The van der Waals surface area contributed by atoms with Crippen molar-refractivity contribution in [3.8, 4) is 0 Å². The topological polar surface area (TPSA) is 101 Å². The van der Waals surface area contributed by atoms with Gasteiger partial charge in [-0.1, -0.05) is 25.7 Å². The highest BCUT2D eigenvalue weighted by Gasteiger charge is 2.51. The summed E-state index contributed by atoms with van der Waals surface area (Å²) in [4.78, 5) is 14.3. The first-order valence-electron chi connectivity index (χ1n) is 12.4. The number of nitrogens with two attached hydrogens (primary N) is 1. The summed E-state index contributed by atoms with van der Waals surface area (Å²) in [6.07, 6.45) is 16.8. The fourth-order valence-corrected chi connectivity index (χ4v) is 6.98. The number of hydrogen-bond acceptors (Lipinski definition) is 7. The zero-order valence-electron chi connectivity index (χ0n) is 18.3. The van der Waals surface area contributed by atoms with Gasteiger partial charge in [0.2, 0.25) is 17.8 Å². The molecular weight excluding hydrogens is 374 g/mol. The van der Waals surface area contributed by atoms with E-state index in [4.69, 9.17) is 20.7 Å². The van der Waals surface area contributed by atoms with Crippen LogP contribution < -0.4 is 21.7 Å². The van der Waals surface area contributed by atoms with Crippen LogP contribution in [0.5, 0.6) is 0 Å². The van der Waals surface area contributed by atoms with E-state index in [2.05, 4.69) is 16.0 Å². The maximum atomic E-state index is 5.67. The van der Waals surface area contributed by atoms with E-state index in [1.54, 1.807) is 0 Å². The smallest absolute Gasteiger partial charge is 0.229 e.